The second-order valence-corrected chi connectivity index (χ2v) is 2.30. The molecule has 5 heteroatoms. The van der Waals surface area contributed by atoms with Crippen LogP contribution in [0.15, 0.2) is 24.3 Å². The van der Waals surface area contributed by atoms with E-state index in [4.69, 9.17) is 0 Å². The predicted molar refractivity (Wildman–Crippen MR) is 41.1 cm³/mol. The van der Waals surface area contributed by atoms with Gasteiger partial charge >= 0.3 is 6.18 Å². The third-order valence-electron chi connectivity index (χ3n) is 1.40. The van der Waals surface area contributed by atoms with E-state index in [0.29, 0.717) is 0 Å². The zero-order chi connectivity index (χ0) is 9.90. The lowest BCUT2D eigenvalue weighted by Crippen LogP contribution is -2.15. The Labute approximate surface area is 73.3 Å². The molecular weight excluding hydrogens is 183 g/mol. The van der Waals surface area contributed by atoms with Crippen LogP contribution in [0.2, 0.25) is 0 Å². The van der Waals surface area contributed by atoms with E-state index in [1.807, 2.05) is 0 Å². The predicted octanol–water partition coefficient (Wildman–Crippen LogP) is 2.22. The summed E-state index contributed by atoms with van der Waals surface area (Å²) in [6, 6.07) is 5.00. The van der Waals surface area contributed by atoms with Crippen LogP contribution in [0, 0.1) is 0 Å². The molecule has 0 unspecified atom stereocenters. The van der Waals surface area contributed by atoms with E-state index in [2.05, 4.69) is 10.3 Å². The van der Waals surface area contributed by atoms with Crippen molar-refractivity contribution < 1.29 is 18.0 Å². The van der Waals surface area contributed by atoms with E-state index in [1.165, 1.54) is 25.2 Å². The molecule has 13 heavy (non-hydrogen) atoms. The molecule has 0 aliphatic rings. The molecule has 0 aliphatic heterocycles. The average molecular weight is 191 g/mol. The molecule has 0 spiro atoms. The highest BCUT2D eigenvalue weighted by molar-refractivity contribution is 5.35. The Kier molecular flexibility index (Phi) is 2.77. The summed E-state index contributed by atoms with van der Waals surface area (Å²) in [4.78, 5) is 4.59. The van der Waals surface area contributed by atoms with Gasteiger partial charge in [0.2, 0.25) is 0 Å². The number of alkyl halides is 3. The van der Waals surface area contributed by atoms with Crippen molar-refractivity contribution in [2.75, 3.05) is 7.05 Å². The Morgan fingerprint density at radius 2 is 1.85 bits per heavy atom. The molecule has 0 radical (unpaired) electrons. The summed E-state index contributed by atoms with van der Waals surface area (Å²) in [5.74, 6) is -0.225. The minimum Gasteiger partial charge on any atom is -0.408 e. The Bertz CT molecular complexity index is 285. The van der Waals surface area contributed by atoms with Gasteiger partial charge in [-0.2, -0.15) is 18.7 Å². The number of hydroxylamine groups is 1. The summed E-state index contributed by atoms with van der Waals surface area (Å²) in [5, 5.41) is 0. The largest absolute Gasteiger partial charge is 0.420 e. The molecule has 1 N–H and O–H groups in total. The summed E-state index contributed by atoms with van der Waals surface area (Å²) in [5.41, 5.74) is 1.41. The first-order valence-corrected chi connectivity index (χ1v) is 3.55. The number of benzene rings is 1. The van der Waals surface area contributed by atoms with Gasteiger partial charge in [0.25, 0.3) is 0 Å². The van der Waals surface area contributed by atoms with Crippen molar-refractivity contribution in [2.45, 2.75) is 6.18 Å². The Hall–Kier alpha value is -1.23. The maximum absolute atomic E-state index is 12.3. The molecule has 0 amide bonds. The first kappa shape index (κ1) is 9.85. The van der Waals surface area contributed by atoms with E-state index in [9.17, 15) is 13.2 Å². The van der Waals surface area contributed by atoms with Crippen molar-refractivity contribution in [3.63, 3.8) is 0 Å². The highest BCUT2D eigenvalue weighted by Crippen LogP contribution is 2.35. The highest BCUT2D eigenvalue weighted by Gasteiger charge is 2.34. The standard InChI is InChI=1S/C8H8F3NO/c1-12-13-7-5-3-2-4-6(7)8(9,10)11/h2-5,12H,1H3. The van der Waals surface area contributed by atoms with Gasteiger partial charge in [-0.15, -0.1) is 0 Å². The molecule has 0 bridgehead atoms. The SMILES string of the molecule is CNOc1ccccc1C(F)(F)F. The minimum absolute atomic E-state index is 0.225. The van der Waals surface area contributed by atoms with E-state index in [-0.39, 0.29) is 5.75 Å². The third-order valence-corrected chi connectivity index (χ3v) is 1.40. The lowest BCUT2D eigenvalue weighted by Gasteiger charge is -2.11. The number of hydrogen-bond acceptors (Lipinski definition) is 2. The Balaban J connectivity index is 3.05. The molecule has 1 aromatic rings. The van der Waals surface area contributed by atoms with Crippen molar-refractivity contribution >= 4 is 0 Å². The second-order valence-electron chi connectivity index (χ2n) is 2.30. The van der Waals surface area contributed by atoms with Crippen LogP contribution < -0.4 is 10.3 Å². The van der Waals surface area contributed by atoms with Crippen LogP contribution >= 0.6 is 0 Å². The van der Waals surface area contributed by atoms with Crippen molar-refractivity contribution in [2.24, 2.45) is 0 Å². The monoisotopic (exact) mass is 191 g/mol. The maximum atomic E-state index is 12.3. The highest BCUT2D eigenvalue weighted by atomic mass is 19.4. The van der Waals surface area contributed by atoms with Crippen LogP contribution in [0.3, 0.4) is 0 Å². The van der Waals surface area contributed by atoms with Crippen molar-refractivity contribution in [1.29, 1.82) is 0 Å². The first-order valence-electron chi connectivity index (χ1n) is 3.55. The van der Waals surface area contributed by atoms with Crippen molar-refractivity contribution in [3.8, 4) is 5.75 Å². The van der Waals surface area contributed by atoms with Gasteiger partial charge in [0.15, 0.2) is 5.75 Å². The van der Waals surface area contributed by atoms with Crippen LogP contribution in [0.4, 0.5) is 13.2 Å². The van der Waals surface area contributed by atoms with Crippen LogP contribution in [0.25, 0.3) is 0 Å². The molecule has 1 rings (SSSR count). The average Bonchev–Trinajstić information content (AvgIpc) is 2.04. The Morgan fingerprint density at radius 1 is 1.23 bits per heavy atom. The van der Waals surface area contributed by atoms with Crippen LogP contribution in [0.5, 0.6) is 5.75 Å². The summed E-state index contributed by atoms with van der Waals surface area (Å²) >= 11 is 0. The molecule has 0 saturated carbocycles. The topological polar surface area (TPSA) is 21.3 Å². The fraction of sp³-hybridized carbons (Fsp3) is 0.250. The van der Waals surface area contributed by atoms with Gasteiger partial charge < -0.3 is 4.84 Å². The summed E-state index contributed by atoms with van der Waals surface area (Å²) in [6.45, 7) is 0. The van der Waals surface area contributed by atoms with Crippen molar-refractivity contribution in [1.82, 2.24) is 5.48 Å². The molecule has 0 aromatic heterocycles. The lowest BCUT2D eigenvalue weighted by atomic mass is 10.2. The number of halogens is 3. The van der Waals surface area contributed by atoms with Gasteiger partial charge in [0, 0.05) is 7.05 Å². The van der Waals surface area contributed by atoms with Crippen LogP contribution in [-0.4, -0.2) is 7.05 Å². The van der Waals surface area contributed by atoms with Gasteiger partial charge in [0.1, 0.15) is 5.56 Å². The second kappa shape index (κ2) is 3.66. The fourth-order valence-corrected chi connectivity index (χ4v) is 0.900. The number of nitrogens with one attached hydrogen (secondary N) is 1. The van der Waals surface area contributed by atoms with E-state index >= 15 is 0 Å². The quantitative estimate of drug-likeness (QED) is 0.723. The number of para-hydroxylation sites is 1. The molecule has 0 atom stereocenters. The zero-order valence-corrected chi connectivity index (χ0v) is 6.85. The van der Waals surface area contributed by atoms with Gasteiger partial charge in [-0.25, -0.2) is 0 Å². The van der Waals surface area contributed by atoms with Gasteiger partial charge in [0.05, 0.1) is 0 Å². The molecule has 0 aliphatic carbocycles. The van der Waals surface area contributed by atoms with Crippen molar-refractivity contribution in [3.05, 3.63) is 29.8 Å². The summed E-state index contributed by atoms with van der Waals surface area (Å²) in [7, 11) is 1.40. The molecule has 0 saturated heterocycles. The molecular formula is C8H8F3NO. The molecule has 2 nitrogen and oxygen atoms in total. The van der Waals surface area contributed by atoms with E-state index in [1.54, 1.807) is 0 Å². The lowest BCUT2D eigenvalue weighted by molar-refractivity contribution is -0.139. The number of rotatable bonds is 2. The summed E-state index contributed by atoms with van der Waals surface area (Å²) in [6.07, 6.45) is -4.38. The molecule has 0 heterocycles. The first-order chi connectivity index (χ1) is 6.05. The van der Waals surface area contributed by atoms with E-state index in [0.717, 1.165) is 6.07 Å². The number of hydrogen-bond donors (Lipinski definition) is 1. The maximum Gasteiger partial charge on any atom is 0.420 e. The third kappa shape index (κ3) is 2.35. The Morgan fingerprint density at radius 3 is 2.38 bits per heavy atom. The minimum atomic E-state index is -4.38. The fourth-order valence-electron chi connectivity index (χ4n) is 0.900. The van der Waals surface area contributed by atoms with E-state index < -0.39 is 11.7 Å². The normalized spacial score (nSPS) is 11.4. The van der Waals surface area contributed by atoms with Gasteiger partial charge in [-0.3, -0.25) is 0 Å². The smallest absolute Gasteiger partial charge is 0.408 e. The molecule has 0 fully saturated rings. The molecule has 1 aromatic carbocycles. The van der Waals surface area contributed by atoms with Gasteiger partial charge in [-0.1, -0.05) is 12.1 Å². The molecule has 72 valence electrons. The van der Waals surface area contributed by atoms with Crippen LogP contribution in [0.1, 0.15) is 5.56 Å². The van der Waals surface area contributed by atoms with Gasteiger partial charge in [-0.05, 0) is 12.1 Å². The summed E-state index contributed by atoms with van der Waals surface area (Å²) < 4.78 is 36.8. The zero-order valence-electron chi connectivity index (χ0n) is 6.85. The van der Waals surface area contributed by atoms with Crippen LogP contribution in [-0.2, 0) is 6.18 Å².